The highest BCUT2D eigenvalue weighted by molar-refractivity contribution is 6.33. The van der Waals surface area contributed by atoms with Crippen molar-refractivity contribution in [2.24, 2.45) is 7.05 Å². The van der Waals surface area contributed by atoms with E-state index in [4.69, 9.17) is 16.3 Å². The standard InChI is InChI=1S/C22H25ClFN5O3/c1-28(2)9-4-10-32-20-8-6-15(12-16(20)21-17(23)13-25-29(21)3)26-22(31)27-18-7-5-14(24)11-19(18)30/h5-8,11-13,30H,4,9-10H2,1-3H3,(H2,26,27,31). The molecule has 2 aromatic carbocycles. The van der Waals surface area contributed by atoms with Crippen LogP contribution in [0.1, 0.15) is 6.42 Å². The van der Waals surface area contributed by atoms with E-state index in [1.54, 1.807) is 29.9 Å². The van der Waals surface area contributed by atoms with Gasteiger partial charge in [-0.05, 0) is 50.8 Å². The second kappa shape index (κ2) is 10.3. The minimum Gasteiger partial charge on any atom is -0.506 e. The number of benzene rings is 2. The first-order valence-corrected chi connectivity index (χ1v) is 10.3. The topological polar surface area (TPSA) is 91.7 Å². The number of aryl methyl sites for hydroxylation is 1. The molecule has 2 amide bonds. The predicted molar refractivity (Wildman–Crippen MR) is 123 cm³/mol. The van der Waals surface area contributed by atoms with Crippen molar-refractivity contribution >= 4 is 29.0 Å². The zero-order chi connectivity index (χ0) is 23.3. The molecule has 0 aliphatic rings. The summed E-state index contributed by atoms with van der Waals surface area (Å²) < 4.78 is 20.8. The first-order chi connectivity index (χ1) is 15.2. The van der Waals surface area contributed by atoms with E-state index in [2.05, 4.69) is 20.6 Å². The van der Waals surface area contributed by atoms with Gasteiger partial charge in [0.05, 0.1) is 29.2 Å². The molecule has 0 saturated carbocycles. The molecule has 0 aliphatic heterocycles. The summed E-state index contributed by atoms with van der Waals surface area (Å²) in [6, 6.07) is 7.90. The Balaban J connectivity index is 1.81. The summed E-state index contributed by atoms with van der Waals surface area (Å²) in [7, 11) is 5.76. The average molecular weight is 462 g/mol. The molecule has 0 saturated heterocycles. The van der Waals surface area contributed by atoms with Crippen LogP contribution in [0.15, 0.2) is 42.6 Å². The summed E-state index contributed by atoms with van der Waals surface area (Å²) in [5, 5.41) is 19.6. The van der Waals surface area contributed by atoms with E-state index < -0.39 is 11.8 Å². The molecule has 0 radical (unpaired) electrons. The maximum atomic E-state index is 13.1. The number of hydrogen-bond donors (Lipinski definition) is 3. The summed E-state index contributed by atoms with van der Waals surface area (Å²) >= 11 is 6.35. The molecule has 0 atom stereocenters. The molecule has 3 N–H and O–H groups in total. The molecule has 0 bridgehead atoms. The Morgan fingerprint density at radius 1 is 1.25 bits per heavy atom. The molecule has 1 aromatic heterocycles. The minimum absolute atomic E-state index is 0.0830. The molecule has 0 unspecified atom stereocenters. The van der Waals surface area contributed by atoms with Gasteiger partial charge in [-0.1, -0.05) is 11.6 Å². The quantitative estimate of drug-likeness (QED) is 0.338. The van der Waals surface area contributed by atoms with Crippen molar-refractivity contribution in [2.45, 2.75) is 6.42 Å². The molecule has 0 aliphatic carbocycles. The number of aromatic hydroxyl groups is 1. The van der Waals surface area contributed by atoms with E-state index in [1.165, 1.54) is 12.3 Å². The van der Waals surface area contributed by atoms with Gasteiger partial charge >= 0.3 is 6.03 Å². The van der Waals surface area contributed by atoms with Crippen molar-refractivity contribution in [2.75, 3.05) is 37.9 Å². The number of hydrogen-bond acceptors (Lipinski definition) is 5. The predicted octanol–water partition coefficient (Wildman–Crippen LogP) is 4.56. The van der Waals surface area contributed by atoms with Gasteiger partial charge in [0, 0.05) is 30.9 Å². The van der Waals surface area contributed by atoms with Gasteiger partial charge in [-0.3, -0.25) is 4.68 Å². The Bertz CT molecular complexity index is 1080. The fourth-order valence-electron chi connectivity index (χ4n) is 3.09. The molecule has 0 spiro atoms. The number of urea groups is 1. The van der Waals surface area contributed by atoms with Crippen molar-refractivity contribution in [3.63, 3.8) is 0 Å². The first-order valence-electron chi connectivity index (χ1n) is 9.90. The number of carbonyl (C=O) groups excluding carboxylic acids is 1. The lowest BCUT2D eigenvalue weighted by molar-refractivity contribution is 0.262. The lowest BCUT2D eigenvalue weighted by Crippen LogP contribution is -2.19. The number of phenolic OH excluding ortho intramolecular Hbond substituents is 1. The van der Waals surface area contributed by atoms with Crippen LogP contribution in [0.25, 0.3) is 11.3 Å². The van der Waals surface area contributed by atoms with E-state index in [-0.39, 0.29) is 11.4 Å². The Morgan fingerprint density at radius 2 is 2.03 bits per heavy atom. The summed E-state index contributed by atoms with van der Waals surface area (Å²) in [4.78, 5) is 14.5. The van der Waals surface area contributed by atoms with Gasteiger partial charge in [0.2, 0.25) is 0 Å². The third kappa shape index (κ3) is 5.89. The maximum Gasteiger partial charge on any atom is 0.323 e. The average Bonchev–Trinajstić information content (AvgIpc) is 3.06. The first kappa shape index (κ1) is 23.4. The third-order valence-electron chi connectivity index (χ3n) is 4.60. The Kier molecular flexibility index (Phi) is 7.55. The number of anilines is 2. The van der Waals surface area contributed by atoms with Crippen LogP contribution in [0.5, 0.6) is 11.5 Å². The third-order valence-corrected chi connectivity index (χ3v) is 4.88. The number of amides is 2. The Morgan fingerprint density at radius 3 is 2.69 bits per heavy atom. The van der Waals surface area contributed by atoms with E-state index in [1.807, 2.05) is 14.1 Å². The van der Waals surface area contributed by atoms with Crippen LogP contribution in [0.4, 0.5) is 20.6 Å². The molecule has 10 heteroatoms. The monoisotopic (exact) mass is 461 g/mol. The molecular weight excluding hydrogens is 437 g/mol. The van der Waals surface area contributed by atoms with E-state index in [9.17, 15) is 14.3 Å². The molecule has 170 valence electrons. The number of nitrogens with zero attached hydrogens (tertiary/aromatic N) is 3. The van der Waals surface area contributed by atoms with Crippen LogP contribution in [-0.4, -0.2) is 53.1 Å². The van der Waals surface area contributed by atoms with Crippen LogP contribution in [0, 0.1) is 5.82 Å². The highest BCUT2D eigenvalue weighted by atomic mass is 35.5. The maximum absolute atomic E-state index is 13.1. The van der Waals surface area contributed by atoms with Gasteiger partial charge in [-0.25, -0.2) is 9.18 Å². The van der Waals surface area contributed by atoms with Gasteiger partial charge in [-0.2, -0.15) is 5.10 Å². The van der Waals surface area contributed by atoms with Crippen LogP contribution >= 0.6 is 11.6 Å². The van der Waals surface area contributed by atoms with Crippen molar-refractivity contribution < 1.29 is 19.0 Å². The summed E-state index contributed by atoms with van der Waals surface area (Å²) in [5.41, 5.74) is 1.87. The summed E-state index contributed by atoms with van der Waals surface area (Å²) in [5.74, 6) is -0.368. The van der Waals surface area contributed by atoms with Gasteiger partial charge in [0.25, 0.3) is 0 Å². The van der Waals surface area contributed by atoms with E-state index in [0.29, 0.717) is 34.3 Å². The van der Waals surface area contributed by atoms with Crippen molar-refractivity contribution in [1.82, 2.24) is 14.7 Å². The number of rotatable bonds is 8. The fraction of sp³-hybridized carbons (Fsp3) is 0.273. The molecular formula is C22H25ClFN5O3. The highest BCUT2D eigenvalue weighted by Crippen LogP contribution is 2.36. The van der Waals surface area contributed by atoms with Gasteiger partial charge < -0.3 is 25.4 Å². The second-order valence-corrected chi connectivity index (χ2v) is 7.83. The largest absolute Gasteiger partial charge is 0.506 e. The SMILES string of the molecule is CN(C)CCCOc1ccc(NC(=O)Nc2ccc(F)cc2O)cc1-c1c(Cl)cnn1C. The fourth-order valence-corrected chi connectivity index (χ4v) is 3.36. The zero-order valence-corrected chi connectivity index (χ0v) is 18.8. The second-order valence-electron chi connectivity index (χ2n) is 7.42. The van der Waals surface area contributed by atoms with Gasteiger partial charge in [-0.15, -0.1) is 0 Å². The highest BCUT2D eigenvalue weighted by Gasteiger charge is 2.17. The Hall–Kier alpha value is -3.30. The molecule has 0 fully saturated rings. The van der Waals surface area contributed by atoms with Crippen LogP contribution in [0.3, 0.4) is 0 Å². The summed E-state index contributed by atoms with van der Waals surface area (Å²) in [6.45, 7) is 1.40. The molecule has 3 aromatic rings. The zero-order valence-electron chi connectivity index (χ0n) is 18.0. The normalized spacial score (nSPS) is 10.9. The van der Waals surface area contributed by atoms with E-state index in [0.717, 1.165) is 25.1 Å². The number of ether oxygens (including phenoxy) is 1. The summed E-state index contributed by atoms with van der Waals surface area (Å²) in [6.07, 6.45) is 2.38. The minimum atomic E-state index is -0.604. The van der Waals surface area contributed by atoms with Crippen molar-refractivity contribution in [3.8, 4) is 22.8 Å². The number of carbonyl (C=O) groups is 1. The lowest BCUT2D eigenvalue weighted by Gasteiger charge is -2.16. The number of aromatic nitrogens is 2. The van der Waals surface area contributed by atoms with Crippen LogP contribution < -0.4 is 15.4 Å². The molecule has 3 rings (SSSR count). The van der Waals surface area contributed by atoms with Gasteiger partial charge in [0.1, 0.15) is 17.3 Å². The number of nitrogens with one attached hydrogen (secondary N) is 2. The van der Waals surface area contributed by atoms with Crippen LogP contribution in [0.2, 0.25) is 5.02 Å². The smallest absolute Gasteiger partial charge is 0.323 e. The molecule has 8 nitrogen and oxygen atoms in total. The number of halogens is 2. The van der Waals surface area contributed by atoms with Gasteiger partial charge in [0.15, 0.2) is 0 Å². The Labute approximate surface area is 190 Å². The molecule has 1 heterocycles. The lowest BCUT2D eigenvalue weighted by atomic mass is 10.1. The van der Waals surface area contributed by atoms with E-state index >= 15 is 0 Å². The number of phenols is 1. The van der Waals surface area contributed by atoms with Crippen LogP contribution in [-0.2, 0) is 7.05 Å². The van der Waals surface area contributed by atoms with Crippen molar-refractivity contribution in [3.05, 3.63) is 53.4 Å². The molecule has 32 heavy (non-hydrogen) atoms. The van der Waals surface area contributed by atoms with Crippen molar-refractivity contribution in [1.29, 1.82) is 0 Å².